The van der Waals surface area contributed by atoms with Crippen LogP contribution in [0.3, 0.4) is 0 Å². The summed E-state index contributed by atoms with van der Waals surface area (Å²) in [6.45, 7) is 6.41. The monoisotopic (exact) mass is 481 g/mol. The second-order valence-electron chi connectivity index (χ2n) is 9.41. The van der Waals surface area contributed by atoms with Gasteiger partial charge in [0.1, 0.15) is 0 Å². The normalized spacial score (nSPS) is 19.8. The first-order valence-corrected chi connectivity index (χ1v) is 10.7. The van der Waals surface area contributed by atoms with Gasteiger partial charge in [-0.2, -0.15) is 26.3 Å². The Morgan fingerprint density at radius 1 is 0.879 bits per heavy atom. The van der Waals surface area contributed by atoms with Gasteiger partial charge in [-0.1, -0.05) is 0 Å². The Labute approximate surface area is 188 Å². The van der Waals surface area contributed by atoms with Crippen LogP contribution in [0.5, 0.6) is 0 Å². The van der Waals surface area contributed by atoms with E-state index >= 15 is 0 Å². The fourth-order valence-electron chi connectivity index (χ4n) is 3.72. The molecule has 0 bridgehead atoms. The molecule has 0 saturated heterocycles. The summed E-state index contributed by atoms with van der Waals surface area (Å²) >= 11 is 0. The summed E-state index contributed by atoms with van der Waals surface area (Å²) in [7, 11) is 0. The maximum atomic E-state index is 13.0. The third-order valence-corrected chi connectivity index (χ3v) is 5.26. The van der Waals surface area contributed by atoms with Crippen molar-refractivity contribution in [1.82, 2.24) is 16.0 Å². The molecule has 5 nitrogen and oxygen atoms in total. The van der Waals surface area contributed by atoms with Gasteiger partial charge in [0.15, 0.2) is 0 Å². The minimum atomic E-state index is -5.01. The van der Waals surface area contributed by atoms with E-state index in [-0.39, 0.29) is 36.0 Å². The fourth-order valence-corrected chi connectivity index (χ4v) is 3.72. The smallest absolute Gasteiger partial charge is 0.350 e. The molecule has 1 saturated carbocycles. The van der Waals surface area contributed by atoms with Crippen molar-refractivity contribution in [3.63, 3.8) is 0 Å². The molecule has 0 aliphatic heterocycles. The molecule has 0 heterocycles. The summed E-state index contributed by atoms with van der Waals surface area (Å²) in [6, 6.07) is 0.518. The van der Waals surface area contributed by atoms with Gasteiger partial charge in [0.2, 0.25) is 5.91 Å². The molecule has 1 aromatic carbocycles. The molecule has 1 aromatic rings. The maximum Gasteiger partial charge on any atom is 0.416 e. The second kappa shape index (κ2) is 10.3. The molecule has 0 atom stereocenters. The molecule has 1 fully saturated rings. The van der Waals surface area contributed by atoms with Gasteiger partial charge < -0.3 is 16.0 Å². The van der Waals surface area contributed by atoms with E-state index < -0.39 is 35.0 Å². The number of rotatable bonds is 6. The first kappa shape index (κ1) is 26.9. The third kappa shape index (κ3) is 8.87. The number of carbonyl (C=O) groups is 2. The minimum absolute atomic E-state index is 0.00323. The fraction of sp³-hybridized carbons (Fsp3) is 0.636. The van der Waals surface area contributed by atoms with Crippen LogP contribution in [-0.2, 0) is 17.1 Å². The Balaban J connectivity index is 1.89. The highest BCUT2D eigenvalue weighted by molar-refractivity contribution is 5.94. The molecule has 0 radical (unpaired) electrons. The molecule has 3 N–H and O–H groups in total. The minimum Gasteiger partial charge on any atom is -0.350 e. The number of benzene rings is 1. The molecule has 186 valence electrons. The van der Waals surface area contributed by atoms with Crippen LogP contribution in [0.15, 0.2) is 18.2 Å². The zero-order chi connectivity index (χ0) is 25.0. The van der Waals surface area contributed by atoms with E-state index in [1.165, 1.54) is 0 Å². The number of hydrogen-bond donors (Lipinski definition) is 3. The Hall–Kier alpha value is -2.30. The van der Waals surface area contributed by atoms with Crippen molar-refractivity contribution in [2.45, 2.75) is 70.4 Å². The Morgan fingerprint density at radius 2 is 1.39 bits per heavy atom. The highest BCUT2D eigenvalue weighted by atomic mass is 19.4. The first-order chi connectivity index (χ1) is 15.0. The average molecular weight is 481 g/mol. The second-order valence-corrected chi connectivity index (χ2v) is 9.41. The van der Waals surface area contributed by atoms with Crippen LogP contribution >= 0.6 is 0 Å². The molecular formula is C22H29F6N3O2. The van der Waals surface area contributed by atoms with Crippen molar-refractivity contribution in [2.75, 3.05) is 13.1 Å². The van der Waals surface area contributed by atoms with Gasteiger partial charge in [-0.05, 0) is 77.1 Å². The van der Waals surface area contributed by atoms with E-state index in [0.29, 0.717) is 44.4 Å². The van der Waals surface area contributed by atoms with Gasteiger partial charge in [0.25, 0.3) is 5.91 Å². The maximum absolute atomic E-state index is 13.0. The molecule has 2 rings (SSSR count). The highest BCUT2D eigenvalue weighted by Gasteiger charge is 2.37. The standard InChI is InChI=1S/C22H29F6N3O2/c1-20(2,3)31-18(32)12-29-11-13-4-6-17(7-5-13)30-19(33)14-8-15(21(23,24)25)10-16(9-14)22(26,27)28/h8-10,13,17,29H,4-7,11-12H2,1-3H3,(H,30,33)(H,31,32)/t13-,17-. The van der Waals surface area contributed by atoms with E-state index in [2.05, 4.69) is 16.0 Å². The van der Waals surface area contributed by atoms with Crippen LogP contribution in [0.4, 0.5) is 26.3 Å². The van der Waals surface area contributed by atoms with Crippen molar-refractivity contribution in [3.05, 3.63) is 34.9 Å². The van der Waals surface area contributed by atoms with Crippen molar-refractivity contribution in [3.8, 4) is 0 Å². The van der Waals surface area contributed by atoms with Gasteiger partial charge in [0, 0.05) is 17.1 Å². The predicted octanol–water partition coefficient (Wildman–Crippen LogP) is 4.52. The summed E-state index contributed by atoms with van der Waals surface area (Å²) in [6.07, 6.45) is -7.53. The molecule has 0 aromatic heterocycles. The Kier molecular flexibility index (Phi) is 8.42. The summed E-state index contributed by atoms with van der Waals surface area (Å²) in [5.41, 5.74) is -4.04. The molecule has 1 aliphatic rings. The summed E-state index contributed by atoms with van der Waals surface area (Å²) in [4.78, 5) is 24.2. The van der Waals surface area contributed by atoms with Crippen molar-refractivity contribution in [1.29, 1.82) is 0 Å². The molecular weight excluding hydrogens is 452 g/mol. The lowest BCUT2D eigenvalue weighted by Gasteiger charge is -2.29. The van der Waals surface area contributed by atoms with Crippen molar-refractivity contribution >= 4 is 11.8 Å². The molecule has 33 heavy (non-hydrogen) atoms. The average Bonchev–Trinajstić information content (AvgIpc) is 2.66. The topological polar surface area (TPSA) is 70.2 Å². The number of amides is 2. The van der Waals surface area contributed by atoms with Crippen LogP contribution < -0.4 is 16.0 Å². The number of nitrogens with one attached hydrogen (secondary N) is 3. The molecule has 11 heteroatoms. The molecule has 1 aliphatic carbocycles. The van der Waals surface area contributed by atoms with Crippen molar-refractivity contribution < 1.29 is 35.9 Å². The SMILES string of the molecule is CC(C)(C)NC(=O)CNC[C@H]1CC[C@H](NC(=O)c2cc(C(F)(F)F)cc(C(F)(F)F)c2)CC1. The van der Waals surface area contributed by atoms with E-state index in [1.54, 1.807) is 0 Å². The first-order valence-electron chi connectivity index (χ1n) is 10.7. The zero-order valence-corrected chi connectivity index (χ0v) is 18.7. The predicted molar refractivity (Wildman–Crippen MR) is 110 cm³/mol. The summed E-state index contributed by atoms with van der Waals surface area (Å²) < 4.78 is 78.0. The van der Waals surface area contributed by atoms with Crippen LogP contribution in [0.1, 0.15) is 67.9 Å². The number of hydrogen-bond acceptors (Lipinski definition) is 3. The molecule has 2 amide bonds. The Morgan fingerprint density at radius 3 is 1.85 bits per heavy atom. The lowest BCUT2D eigenvalue weighted by molar-refractivity contribution is -0.143. The number of alkyl halides is 6. The quantitative estimate of drug-likeness (QED) is 0.524. The van der Waals surface area contributed by atoms with Gasteiger partial charge >= 0.3 is 12.4 Å². The van der Waals surface area contributed by atoms with Crippen molar-refractivity contribution in [2.24, 2.45) is 5.92 Å². The van der Waals surface area contributed by atoms with E-state index in [9.17, 15) is 35.9 Å². The Bertz CT molecular complexity index is 806. The highest BCUT2D eigenvalue weighted by Crippen LogP contribution is 2.36. The number of carbonyl (C=O) groups excluding carboxylic acids is 2. The lowest BCUT2D eigenvalue weighted by atomic mass is 9.86. The van der Waals surface area contributed by atoms with Crippen LogP contribution in [0.2, 0.25) is 0 Å². The van der Waals surface area contributed by atoms with E-state index in [1.807, 2.05) is 20.8 Å². The zero-order valence-electron chi connectivity index (χ0n) is 18.7. The third-order valence-electron chi connectivity index (χ3n) is 5.26. The molecule has 0 spiro atoms. The van der Waals surface area contributed by atoms with Crippen LogP contribution in [0.25, 0.3) is 0 Å². The molecule has 0 unspecified atom stereocenters. The number of halogens is 6. The van der Waals surface area contributed by atoms with Crippen LogP contribution in [-0.4, -0.2) is 36.5 Å². The van der Waals surface area contributed by atoms with E-state index in [4.69, 9.17) is 0 Å². The lowest BCUT2D eigenvalue weighted by Crippen LogP contribution is -2.45. The van der Waals surface area contributed by atoms with Gasteiger partial charge in [-0.25, -0.2) is 0 Å². The largest absolute Gasteiger partial charge is 0.416 e. The summed E-state index contributed by atoms with van der Waals surface area (Å²) in [5, 5.41) is 8.48. The summed E-state index contributed by atoms with van der Waals surface area (Å²) in [5.74, 6) is -0.833. The van der Waals surface area contributed by atoms with Gasteiger partial charge in [-0.3, -0.25) is 9.59 Å². The van der Waals surface area contributed by atoms with E-state index in [0.717, 1.165) is 0 Å². The van der Waals surface area contributed by atoms with Gasteiger partial charge in [-0.15, -0.1) is 0 Å². The van der Waals surface area contributed by atoms with Crippen LogP contribution in [0, 0.1) is 5.92 Å². The van der Waals surface area contributed by atoms with Gasteiger partial charge in [0.05, 0.1) is 17.7 Å².